The number of benzene rings is 1. The van der Waals surface area contributed by atoms with E-state index >= 15 is 0 Å². The van der Waals surface area contributed by atoms with Crippen molar-refractivity contribution < 1.29 is 18.0 Å². The van der Waals surface area contributed by atoms with Gasteiger partial charge in [-0.05, 0) is 62.2 Å². The van der Waals surface area contributed by atoms with E-state index in [1.807, 2.05) is 4.90 Å². The number of carbonyl (C=O) groups is 1. The maximum absolute atomic E-state index is 13.4. The van der Waals surface area contributed by atoms with Crippen LogP contribution in [0.3, 0.4) is 0 Å². The molecule has 2 heterocycles. The van der Waals surface area contributed by atoms with Crippen LogP contribution in [-0.4, -0.2) is 37.0 Å². The zero-order valence-electron chi connectivity index (χ0n) is 15.2. The molecule has 2 atom stereocenters. The Morgan fingerprint density at radius 2 is 1.74 bits per heavy atom. The SMILES string of the molecule is Cl.O=C(N1CC[C@@H]2CNC[C@@H]2CC1)C1(c2cccc(C(F)(F)F)c2)CCC1. The summed E-state index contributed by atoms with van der Waals surface area (Å²) in [7, 11) is 0. The molecule has 3 aliphatic rings. The van der Waals surface area contributed by atoms with Crippen molar-refractivity contribution in [3.63, 3.8) is 0 Å². The second-order valence-corrected chi connectivity index (χ2v) is 8.06. The first kappa shape index (κ1) is 20.5. The Labute approximate surface area is 164 Å². The molecule has 1 N–H and O–H groups in total. The number of rotatable bonds is 2. The van der Waals surface area contributed by atoms with Gasteiger partial charge in [0.25, 0.3) is 0 Å². The quantitative estimate of drug-likeness (QED) is 0.810. The highest BCUT2D eigenvalue weighted by Gasteiger charge is 2.49. The minimum atomic E-state index is -4.38. The first-order chi connectivity index (χ1) is 12.4. The normalized spacial score (nSPS) is 27.1. The van der Waals surface area contributed by atoms with Crippen molar-refractivity contribution in [3.8, 4) is 0 Å². The minimum Gasteiger partial charge on any atom is -0.342 e. The predicted molar refractivity (Wildman–Crippen MR) is 99.9 cm³/mol. The lowest BCUT2D eigenvalue weighted by atomic mass is 9.63. The summed E-state index contributed by atoms with van der Waals surface area (Å²) in [6.45, 7) is 3.49. The molecule has 1 saturated carbocycles. The van der Waals surface area contributed by atoms with Crippen LogP contribution in [0.15, 0.2) is 24.3 Å². The summed E-state index contributed by atoms with van der Waals surface area (Å²) < 4.78 is 39.4. The Bertz CT molecular complexity index is 676. The number of hydrogen-bond acceptors (Lipinski definition) is 2. The van der Waals surface area contributed by atoms with Gasteiger partial charge in [-0.2, -0.15) is 13.2 Å². The Morgan fingerprint density at radius 1 is 1.11 bits per heavy atom. The molecule has 7 heteroatoms. The molecule has 1 aromatic carbocycles. The van der Waals surface area contributed by atoms with Crippen LogP contribution in [0.4, 0.5) is 13.2 Å². The van der Waals surface area contributed by atoms with Crippen LogP contribution in [0.1, 0.15) is 43.2 Å². The maximum atomic E-state index is 13.4. The molecule has 2 aliphatic heterocycles. The van der Waals surface area contributed by atoms with Crippen LogP contribution in [-0.2, 0) is 16.4 Å². The summed E-state index contributed by atoms with van der Waals surface area (Å²) in [4.78, 5) is 15.3. The summed E-state index contributed by atoms with van der Waals surface area (Å²) in [5.41, 5.74) is -0.876. The molecular formula is C20H26ClF3N2O. The van der Waals surface area contributed by atoms with Gasteiger partial charge in [-0.3, -0.25) is 4.79 Å². The highest BCUT2D eigenvalue weighted by atomic mass is 35.5. The van der Waals surface area contributed by atoms with Crippen molar-refractivity contribution in [1.82, 2.24) is 10.2 Å². The zero-order valence-corrected chi connectivity index (χ0v) is 16.0. The molecule has 27 heavy (non-hydrogen) atoms. The number of nitrogens with one attached hydrogen (secondary N) is 1. The third kappa shape index (κ3) is 3.70. The number of nitrogens with zero attached hydrogens (tertiary/aromatic N) is 1. The van der Waals surface area contributed by atoms with Gasteiger partial charge in [0.05, 0.1) is 11.0 Å². The maximum Gasteiger partial charge on any atom is 0.416 e. The van der Waals surface area contributed by atoms with Crippen LogP contribution < -0.4 is 5.32 Å². The van der Waals surface area contributed by atoms with Crippen molar-refractivity contribution in [2.75, 3.05) is 26.2 Å². The van der Waals surface area contributed by atoms with Crippen LogP contribution in [0.2, 0.25) is 0 Å². The Hall–Kier alpha value is -1.27. The van der Waals surface area contributed by atoms with E-state index in [0.29, 0.717) is 30.2 Å². The van der Waals surface area contributed by atoms with Gasteiger partial charge in [0.2, 0.25) is 5.91 Å². The third-order valence-electron chi connectivity index (χ3n) is 6.67. The van der Waals surface area contributed by atoms with Crippen molar-refractivity contribution >= 4 is 18.3 Å². The zero-order chi connectivity index (χ0) is 18.4. The largest absolute Gasteiger partial charge is 0.416 e. The molecule has 0 bridgehead atoms. The summed E-state index contributed by atoms with van der Waals surface area (Å²) in [5, 5.41) is 3.42. The third-order valence-corrected chi connectivity index (χ3v) is 6.67. The molecule has 2 saturated heterocycles. The Morgan fingerprint density at radius 3 is 2.26 bits per heavy atom. The highest BCUT2D eigenvalue weighted by molar-refractivity contribution is 5.89. The first-order valence-electron chi connectivity index (χ1n) is 9.58. The van der Waals surface area contributed by atoms with E-state index in [0.717, 1.165) is 51.5 Å². The molecule has 3 fully saturated rings. The second kappa shape index (κ2) is 7.63. The molecule has 0 spiro atoms. The van der Waals surface area contributed by atoms with Gasteiger partial charge in [0.15, 0.2) is 0 Å². The fourth-order valence-electron chi connectivity index (χ4n) is 4.87. The second-order valence-electron chi connectivity index (χ2n) is 8.06. The van der Waals surface area contributed by atoms with Gasteiger partial charge in [-0.15, -0.1) is 12.4 Å². The van der Waals surface area contributed by atoms with Gasteiger partial charge >= 0.3 is 6.18 Å². The lowest BCUT2D eigenvalue weighted by molar-refractivity contribution is -0.142. The van der Waals surface area contributed by atoms with Crippen molar-refractivity contribution in [2.24, 2.45) is 11.8 Å². The molecule has 0 radical (unpaired) electrons. The fraction of sp³-hybridized carbons (Fsp3) is 0.650. The van der Waals surface area contributed by atoms with Gasteiger partial charge in [0, 0.05) is 13.1 Å². The number of hydrogen-bond donors (Lipinski definition) is 1. The monoisotopic (exact) mass is 402 g/mol. The number of likely N-dealkylation sites (tertiary alicyclic amines) is 1. The molecule has 4 rings (SSSR count). The lowest BCUT2D eigenvalue weighted by Crippen LogP contribution is -2.51. The Balaban J connectivity index is 0.00000210. The molecule has 0 unspecified atom stereocenters. The minimum absolute atomic E-state index is 0. The van der Waals surface area contributed by atoms with Crippen LogP contribution in [0, 0.1) is 11.8 Å². The van der Waals surface area contributed by atoms with E-state index in [1.165, 1.54) is 12.1 Å². The molecular weight excluding hydrogens is 377 g/mol. The predicted octanol–water partition coefficient (Wildman–Crippen LogP) is 4.01. The van der Waals surface area contributed by atoms with Crippen LogP contribution in [0.25, 0.3) is 0 Å². The van der Waals surface area contributed by atoms with Crippen molar-refractivity contribution in [2.45, 2.75) is 43.7 Å². The molecule has 1 aromatic rings. The molecule has 3 nitrogen and oxygen atoms in total. The van der Waals surface area contributed by atoms with E-state index in [2.05, 4.69) is 5.32 Å². The summed E-state index contributed by atoms with van der Waals surface area (Å²) >= 11 is 0. The van der Waals surface area contributed by atoms with Crippen molar-refractivity contribution in [1.29, 1.82) is 0 Å². The number of fused-ring (bicyclic) bond motifs is 1. The number of halogens is 4. The van der Waals surface area contributed by atoms with Gasteiger partial charge in [-0.1, -0.05) is 24.6 Å². The summed E-state index contributed by atoms with van der Waals surface area (Å²) in [6.07, 6.45) is -0.206. The van der Waals surface area contributed by atoms with E-state index in [-0.39, 0.29) is 18.3 Å². The Kier molecular flexibility index (Phi) is 5.78. The average molecular weight is 403 g/mol. The highest BCUT2D eigenvalue weighted by Crippen LogP contribution is 2.47. The van der Waals surface area contributed by atoms with Crippen molar-refractivity contribution in [3.05, 3.63) is 35.4 Å². The fourth-order valence-corrected chi connectivity index (χ4v) is 4.87. The number of alkyl halides is 3. The van der Waals surface area contributed by atoms with E-state index in [4.69, 9.17) is 0 Å². The number of carbonyl (C=O) groups excluding carboxylic acids is 1. The van der Waals surface area contributed by atoms with E-state index < -0.39 is 17.2 Å². The molecule has 0 aromatic heterocycles. The molecule has 1 amide bonds. The smallest absolute Gasteiger partial charge is 0.342 e. The van der Waals surface area contributed by atoms with Gasteiger partial charge in [-0.25, -0.2) is 0 Å². The molecule has 150 valence electrons. The summed E-state index contributed by atoms with van der Waals surface area (Å²) in [6, 6.07) is 5.40. The summed E-state index contributed by atoms with van der Waals surface area (Å²) in [5.74, 6) is 1.29. The average Bonchev–Trinajstić information content (AvgIpc) is 2.92. The van der Waals surface area contributed by atoms with Gasteiger partial charge in [0.1, 0.15) is 0 Å². The van der Waals surface area contributed by atoms with Crippen LogP contribution in [0.5, 0.6) is 0 Å². The molecule has 1 aliphatic carbocycles. The van der Waals surface area contributed by atoms with Crippen LogP contribution >= 0.6 is 12.4 Å². The van der Waals surface area contributed by atoms with E-state index in [1.54, 1.807) is 6.07 Å². The standard InChI is InChI=1S/C20H25F3N2O.ClH/c21-20(22,23)17-4-1-3-16(11-17)19(7-2-8-19)18(26)25-9-5-14-12-24-13-15(14)6-10-25;/h1,3-4,11,14-15,24H,2,5-10,12-13H2;1H/t14-,15+;. The lowest BCUT2D eigenvalue weighted by Gasteiger charge is -2.44. The number of amides is 1. The first-order valence-corrected chi connectivity index (χ1v) is 9.58. The van der Waals surface area contributed by atoms with Gasteiger partial charge < -0.3 is 10.2 Å². The van der Waals surface area contributed by atoms with E-state index in [9.17, 15) is 18.0 Å². The topological polar surface area (TPSA) is 32.3 Å².